The normalized spacial score (nSPS) is 10.5. The second kappa shape index (κ2) is 9.27. The lowest BCUT2D eigenvalue weighted by atomic mass is 10.3. The molecule has 0 aliphatic heterocycles. The molecule has 0 aromatic heterocycles. The molecule has 2 nitrogen and oxygen atoms in total. The number of hydrogen-bond donors (Lipinski definition) is 0. The van der Waals surface area contributed by atoms with Crippen LogP contribution >= 0.6 is 23.4 Å². The molecule has 0 radical (unpaired) electrons. The Morgan fingerprint density at radius 2 is 1.95 bits per heavy atom. The van der Waals surface area contributed by atoms with Crippen molar-refractivity contribution in [3.8, 4) is 0 Å². The molecule has 1 amide bonds. The second-order valence-corrected chi connectivity index (χ2v) is 5.98. The molecular formula is C15H22ClNOS. The van der Waals surface area contributed by atoms with Gasteiger partial charge in [-0.25, -0.2) is 0 Å². The highest BCUT2D eigenvalue weighted by molar-refractivity contribution is 7.99. The maximum Gasteiger partial charge on any atom is 0.223 e. The Bertz CT molecular complexity index is 380. The summed E-state index contributed by atoms with van der Waals surface area (Å²) in [5.41, 5.74) is 0. The summed E-state index contributed by atoms with van der Waals surface area (Å²) in [5.74, 6) is 1.08. The van der Waals surface area contributed by atoms with Crippen LogP contribution in [0.4, 0.5) is 0 Å². The van der Waals surface area contributed by atoms with Crippen LogP contribution in [0.5, 0.6) is 0 Å². The number of amides is 1. The van der Waals surface area contributed by atoms with Crippen LogP contribution in [0.25, 0.3) is 0 Å². The molecule has 0 fully saturated rings. The summed E-state index contributed by atoms with van der Waals surface area (Å²) in [6.45, 7) is 5.89. The van der Waals surface area contributed by atoms with Crippen molar-refractivity contribution < 1.29 is 4.79 Å². The van der Waals surface area contributed by atoms with E-state index in [0.717, 1.165) is 41.6 Å². The number of rotatable bonds is 8. The number of halogens is 1. The van der Waals surface area contributed by atoms with Crippen LogP contribution in [-0.2, 0) is 4.79 Å². The summed E-state index contributed by atoms with van der Waals surface area (Å²) >= 11 is 7.54. The molecule has 0 saturated carbocycles. The minimum absolute atomic E-state index is 0.261. The van der Waals surface area contributed by atoms with Gasteiger partial charge in [0.2, 0.25) is 5.91 Å². The van der Waals surface area contributed by atoms with E-state index in [1.54, 1.807) is 11.8 Å². The maximum absolute atomic E-state index is 12.0. The quantitative estimate of drug-likeness (QED) is 0.660. The molecule has 0 heterocycles. The standard InChI is InChI=1S/C15H22ClNOS/c1-3-5-11-17(4-2)15(18)10-12-19-14-8-6-13(16)7-9-14/h6-9H,3-5,10-12H2,1-2H3. The van der Waals surface area contributed by atoms with Crippen molar-refractivity contribution in [1.82, 2.24) is 4.90 Å². The van der Waals surface area contributed by atoms with E-state index in [2.05, 4.69) is 6.92 Å². The third kappa shape index (κ3) is 6.35. The highest BCUT2D eigenvalue weighted by Crippen LogP contribution is 2.21. The summed E-state index contributed by atoms with van der Waals surface area (Å²) in [4.78, 5) is 15.1. The van der Waals surface area contributed by atoms with Crippen LogP contribution < -0.4 is 0 Å². The van der Waals surface area contributed by atoms with Crippen LogP contribution in [0.1, 0.15) is 33.1 Å². The van der Waals surface area contributed by atoms with Crippen molar-refractivity contribution in [2.24, 2.45) is 0 Å². The Morgan fingerprint density at radius 3 is 2.53 bits per heavy atom. The fourth-order valence-electron chi connectivity index (χ4n) is 1.75. The Balaban J connectivity index is 2.31. The first-order chi connectivity index (χ1) is 9.17. The molecule has 1 aromatic rings. The maximum atomic E-state index is 12.0. The van der Waals surface area contributed by atoms with Gasteiger partial charge >= 0.3 is 0 Å². The van der Waals surface area contributed by atoms with Crippen molar-refractivity contribution in [2.45, 2.75) is 38.0 Å². The minimum Gasteiger partial charge on any atom is -0.343 e. The molecule has 0 aliphatic carbocycles. The molecular weight excluding hydrogens is 278 g/mol. The average Bonchev–Trinajstić information content (AvgIpc) is 2.42. The van der Waals surface area contributed by atoms with Crippen molar-refractivity contribution >= 4 is 29.3 Å². The zero-order valence-electron chi connectivity index (χ0n) is 11.7. The molecule has 0 atom stereocenters. The number of carbonyl (C=O) groups excluding carboxylic acids is 1. The van der Waals surface area contributed by atoms with Crippen molar-refractivity contribution in [3.63, 3.8) is 0 Å². The number of hydrogen-bond acceptors (Lipinski definition) is 2. The van der Waals surface area contributed by atoms with E-state index in [1.807, 2.05) is 36.1 Å². The lowest BCUT2D eigenvalue weighted by Crippen LogP contribution is -2.31. The van der Waals surface area contributed by atoms with Gasteiger partial charge in [0.15, 0.2) is 0 Å². The molecule has 19 heavy (non-hydrogen) atoms. The lowest BCUT2D eigenvalue weighted by molar-refractivity contribution is -0.130. The monoisotopic (exact) mass is 299 g/mol. The first-order valence-corrected chi connectivity index (χ1v) is 8.19. The molecule has 0 N–H and O–H groups in total. The molecule has 0 unspecified atom stereocenters. The van der Waals surface area contributed by atoms with Gasteiger partial charge in [0, 0.05) is 35.2 Å². The Kier molecular flexibility index (Phi) is 7.99. The lowest BCUT2D eigenvalue weighted by Gasteiger charge is -2.20. The molecule has 1 aromatic carbocycles. The van der Waals surface area contributed by atoms with Gasteiger partial charge in [-0.05, 0) is 37.6 Å². The molecule has 4 heteroatoms. The summed E-state index contributed by atoms with van der Waals surface area (Å²) in [5, 5.41) is 0.747. The van der Waals surface area contributed by atoms with Crippen LogP contribution in [0, 0.1) is 0 Å². The van der Waals surface area contributed by atoms with Crippen molar-refractivity contribution in [1.29, 1.82) is 0 Å². The number of nitrogens with zero attached hydrogens (tertiary/aromatic N) is 1. The topological polar surface area (TPSA) is 20.3 Å². The average molecular weight is 300 g/mol. The molecule has 0 aliphatic rings. The largest absolute Gasteiger partial charge is 0.343 e. The van der Waals surface area contributed by atoms with E-state index in [9.17, 15) is 4.79 Å². The van der Waals surface area contributed by atoms with Gasteiger partial charge in [-0.3, -0.25) is 4.79 Å². The van der Waals surface area contributed by atoms with Crippen LogP contribution in [0.2, 0.25) is 5.02 Å². The molecule has 1 rings (SSSR count). The highest BCUT2D eigenvalue weighted by Gasteiger charge is 2.10. The molecule has 0 bridgehead atoms. The van der Waals surface area contributed by atoms with Crippen LogP contribution in [0.3, 0.4) is 0 Å². The van der Waals surface area contributed by atoms with E-state index in [-0.39, 0.29) is 5.91 Å². The Morgan fingerprint density at radius 1 is 1.26 bits per heavy atom. The van der Waals surface area contributed by atoms with E-state index in [0.29, 0.717) is 6.42 Å². The number of benzene rings is 1. The third-order valence-electron chi connectivity index (χ3n) is 2.91. The van der Waals surface area contributed by atoms with E-state index in [1.165, 1.54) is 0 Å². The summed E-state index contributed by atoms with van der Waals surface area (Å²) in [7, 11) is 0. The van der Waals surface area contributed by atoms with Crippen LogP contribution in [0.15, 0.2) is 29.2 Å². The van der Waals surface area contributed by atoms with E-state index >= 15 is 0 Å². The fraction of sp³-hybridized carbons (Fsp3) is 0.533. The number of unbranched alkanes of at least 4 members (excludes halogenated alkanes) is 1. The van der Waals surface area contributed by atoms with Crippen molar-refractivity contribution in [3.05, 3.63) is 29.3 Å². The van der Waals surface area contributed by atoms with Gasteiger partial charge in [0.1, 0.15) is 0 Å². The predicted molar refractivity (Wildman–Crippen MR) is 84.0 cm³/mol. The molecule has 106 valence electrons. The SMILES string of the molecule is CCCCN(CC)C(=O)CCSc1ccc(Cl)cc1. The van der Waals surface area contributed by atoms with Gasteiger partial charge in [-0.15, -0.1) is 11.8 Å². The van der Waals surface area contributed by atoms with Crippen molar-refractivity contribution in [2.75, 3.05) is 18.8 Å². The first-order valence-electron chi connectivity index (χ1n) is 6.83. The van der Waals surface area contributed by atoms with Crippen LogP contribution in [-0.4, -0.2) is 29.6 Å². The second-order valence-electron chi connectivity index (χ2n) is 4.38. The van der Waals surface area contributed by atoms with Gasteiger partial charge in [0.05, 0.1) is 0 Å². The van der Waals surface area contributed by atoms with Gasteiger partial charge in [0.25, 0.3) is 0 Å². The molecule has 0 spiro atoms. The first kappa shape index (κ1) is 16.4. The summed E-state index contributed by atoms with van der Waals surface area (Å²) in [6.07, 6.45) is 2.82. The Hall–Kier alpha value is -0.670. The fourth-order valence-corrected chi connectivity index (χ4v) is 2.72. The van der Waals surface area contributed by atoms with E-state index < -0.39 is 0 Å². The number of carbonyl (C=O) groups is 1. The minimum atomic E-state index is 0.261. The van der Waals surface area contributed by atoms with Gasteiger partial charge in [-0.2, -0.15) is 0 Å². The zero-order valence-corrected chi connectivity index (χ0v) is 13.3. The zero-order chi connectivity index (χ0) is 14.1. The summed E-state index contributed by atoms with van der Waals surface area (Å²) in [6, 6.07) is 7.74. The third-order valence-corrected chi connectivity index (χ3v) is 4.18. The summed E-state index contributed by atoms with van der Waals surface area (Å²) < 4.78 is 0. The number of thioether (sulfide) groups is 1. The predicted octanol–water partition coefficient (Wildman–Crippen LogP) is 4.47. The van der Waals surface area contributed by atoms with Gasteiger partial charge in [-0.1, -0.05) is 24.9 Å². The van der Waals surface area contributed by atoms with Gasteiger partial charge < -0.3 is 4.90 Å². The highest BCUT2D eigenvalue weighted by atomic mass is 35.5. The Labute approximate surface area is 125 Å². The molecule has 0 saturated heterocycles. The van der Waals surface area contributed by atoms with E-state index in [4.69, 9.17) is 11.6 Å². The smallest absolute Gasteiger partial charge is 0.223 e.